The molecule has 6 heteroatoms. The molecule has 2 bridgehead atoms. The van der Waals surface area contributed by atoms with Crippen LogP contribution in [0.2, 0.25) is 0 Å². The molecule has 3 aromatic heterocycles. The monoisotopic (exact) mass is 711 g/mol. The lowest BCUT2D eigenvalue weighted by molar-refractivity contribution is 0.423. The van der Waals surface area contributed by atoms with Crippen molar-refractivity contribution in [3.05, 3.63) is 179 Å². The van der Waals surface area contributed by atoms with E-state index >= 15 is 0 Å². The Morgan fingerprint density at radius 2 is 1.25 bits per heavy atom. The summed E-state index contributed by atoms with van der Waals surface area (Å²) in [4.78, 5) is 17.4. The van der Waals surface area contributed by atoms with Crippen LogP contribution in [0, 0.1) is 0 Å². The first-order chi connectivity index (χ1) is 29.3. The summed E-state index contributed by atoms with van der Waals surface area (Å²) >= 11 is 0. The molecule has 7 aromatic carbocycles. The fraction of sp³-hybridized carbons (Fsp3) is 0.0816. The zero-order chi connectivity index (χ0) is 40.2. The van der Waals surface area contributed by atoms with Gasteiger partial charge in [0.2, 0.25) is 5.95 Å². The molecule has 0 radical (unpaired) electrons. The fourth-order valence-electron chi connectivity index (χ4n) is 10.0. The second kappa shape index (κ2) is 10.5. The van der Waals surface area contributed by atoms with Crippen molar-refractivity contribution in [1.82, 2.24) is 15.0 Å². The number of fused-ring (bicyclic) bond motifs is 9. The third-order valence-electron chi connectivity index (χ3n) is 12.1. The van der Waals surface area contributed by atoms with E-state index in [1.54, 1.807) is 0 Å². The number of para-hydroxylation sites is 3. The molecule has 2 atom stereocenters. The van der Waals surface area contributed by atoms with Gasteiger partial charge in [0, 0.05) is 38.6 Å². The lowest BCUT2D eigenvalue weighted by Crippen LogP contribution is -2.45. The smallest absolute Gasteiger partial charge is 0.238 e. The SMILES string of the molecule is [2H]c1c([2H])c([2H])c(-c2nc(-c3cccc4c3oc3ccccc34)nc(N3c4cccc5c4C4(CCC5c5ccccc54)c4c3ccc3c4oc4ccccc43)n2)c([2H])c1[2H]. The highest BCUT2D eigenvalue weighted by Gasteiger charge is 2.56. The number of furan rings is 2. The standard InChI is InChI=1S/C49H30N4O2/c1-2-12-28(13-3-1)46-50-47(36-19-10-18-34-31-15-5-8-22-40(31)54-44(34)36)52-48(51-46)53-38-21-11-17-33-29-26-27-49(42(33)38,37-20-7-4-14-30(29)37)43-39(53)25-24-35-32-16-6-9-23-41(32)55-45(35)43/h1-25,29H,26-27H2/i1D,2D,3D,12D,13D. The summed E-state index contributed by atoms with van der Waals surface area (Å²) in [7, 11) is 0. The van der Waals surface area contributed by atoms with Gasteiger partial charge in [-0.2, -0.15) is 9.97 Å². The van der Waals surface area contributed by atoms with Gasteiger partial charge in [0.15, 0.2) is 11.6 Å². The molecule has 2 unspecified atom stereocenters. The van der Waals surface area contributed by atoms with Gasteiger partial charge in [-0.25, -0.2) is 4.98 Å². The van der Waals surface area contributed by atoms with Gasteiger partial charge in [-0.05, 0) is 71.5 Å². The van der Waals surface area contributed by atoms with E-state index in [1.165, 1.54) is 22.3 Å². The Morgan fingerprint density at radius 3 is 2.11 bits per heavy atom. The number of benzene rings is 7. The van der Waals surface area contributed by atoms with E-state index in [9.17, 15) is 0 Å². The van der Waals surface area contributed by atoms with Gasteiger partial charge in [-0.3, -0.25) is 4.90 Å². The van der Waals surface area contributed by atoms with E-state index in [1.807, 2.05) is 60.7 Å². The molecule has 4 heterocycles. The molecule has 258 valence electrons. The largest absolute Gasteiger partial charge is 0.456 e. The highest BCUT2D eigenvalue weighted by molar-refractivity contribution is 6.11. The normalized spacial score (nSPS) is 19.2. The van der Waals surface area contributed by atoms with Crippen molar-refractivity contribution >= 4 is 61.2 Å². The van der Waals surface area contributed by atoms with Crippen molar-refractivity contribution in [3.63, 3.8) is 0 Å². The molecule has 3 aliphatic carbocycles. The molecule has 0 N–H and O–H groups in total. The van der Waals surface area contributed by atoms with Crippen LogP contribution < -0.4 is 4.90 Å². The Hall–Kier alpha value is -7.05. The van der Waals surface area contributed by atoms with Gasteiger partial charge in [0.1, 0.15) is 22.3 Å². The van der Waals surface area contributed by atoms with Crippen molar-refractivity contribution in [2.75, 3.05) is 4.90 Å². The summed E-state index contributed by atoms with van der Waals surface area (Å²) in [6.07, 6.45) is 1.85. The van der Waals surface area contributed by atoms with Crippen LogP contribution in [0.3, 0.4) is 0 Å². The summed E-state index contributed by atoms with van der Waals surface area (Å²) in [5.41, 5.74) is 10.5. The van der Waals surface area contributed by atoms with E-state index in [2.05, 4.69) is 65.6 Å². The van der Waals surface area contributed by atoms with Crippen molar-refractivity contribution in [2.45, 2.75) is 24.2 Å². The molecule has 0 saturated carbocycles. The second-order valence-corrected chi connectivity index (χ2v) is 14.7. The van der Waals surface area contributed by atoms with E-state index in [4.69, 9.17) is 30.6 Å². The van der Waals surface area contributed by atoms with Crippen LogP contribution in [0.4, 0.5) is 17.3 Å². The Kier molecular flexibility index (Phi) is 4.80. The zero-order valence-electron chi connectivity index (χ0n) is 34.1. The minimum Gasteiger partial charge on any atom is -0.456 e. The minimum atomic E-state index is -0.554. The maximum absolute atomic E-state index is 9.04. The lowest BCUT2D eigenvalue weighted by atomic mass is 9.51. The highest BCUT2D eigenvalue weighted by atomic mass is 16.3. The van der Waals surface area contributed by atoms with E-state index < -0.39 is 35.6 Å². The number of hydrogen-bond donors (Lipinski definition) is 0. The molecule has 0 saturated heterocycles. The molecule has 10 aromatic rings. The van der Waals surface area contributed by atoms with Gasteiger partial charge >= 0.3 is 0 Å². The predicted molar refractivity (Wildman–Crippen MR) is 217 cm³/mol. The van der Waals surface area contributed by atoms with Gasteiger partial charge < -0.3 is 8.83 Å². The average molecular weight is 712 g/mol. The first-order valence-corrected chi connectivity index (χ1v) is 18.5. The van der Waals surface area contributed by atoms with Crippen molar-refractivity contribution in [2.24, 2.45) is 0 Å². The molecule has 55 heavy (non-hydrogen) atoms. The quantitative estimate of drug-likeness (QED) is 0.182. The average Bonchev–Trinajstić information content (AvgIpc) is 3.87. The number of aromatic nitrogens is 3. The summed E-state index contributed by atoms with van der Waals surface area (Å²) < 4.78 is 57.1. The molecule has 0 fully saturated rings. The molecule has 1 aliphatic heterocycles. The van der Waals surface area contributed by atoms with E-state index in [0.29, 0.717) is 16.7 Å². The summed E-state index contributed by atoms with van der Waals surface area (Å²) in [5, 5.41) is 3.85. The van der Waals surface area contributed by atoms with Crippen LogP contribution in [0.5, 0.6) is 0 Å². The number of hydrogen-bond acceptors (Lipinski definition) is 6. The maximum Gasteiger partial charge on any atom is 0.238 e. The minimum absolute atomic E-state index is 0.0524. The Bertz CT molecular complexity index is 3530. The number of anilines is 3. The van der Waals surface area contributed by atoms with E-state index in [-0.39, 0.29) is 29.1 Å². The Balaban J connectivity index is 1.17. The highest BCUT2D eigenvalue weighted by Crippen LogP contribution is 2.67. The Labute approximate surface area is 322 Å². The number of rotatable bonds is 3. The van der Waals surface area contributed by atoms with Crippen LogP contribution in [0.25, 0.3) is 66.7 Å². The summed E-state index contributed by atoms with van der Waals surface area (Å²) in [6, 6.07) is 39.0. The fourth-order valence-corrected chi connectivity index (χ4v) is 10.0. The first-order valence-electron chi connectivity index (χ1n) is 21.0. The second-order valence-electron chi connectivity index (χ2n) is 14.7. The molecule has 4 aliphatic rings. The summed E-state index contributed by atoms with van der Waals surface area (Å²) in [6.45, 7) is 0. The molecule has 6 nitrogen and oxygen atoms in total. The van der Waals surface area contributed by atoms with Crippen LogP contribution in [0.15, 0.2) is 160 Å². The first kappa shape index (κ1) is 25.1. The predicted octanol–water partition coefficient (Wildman–Crippen LogP) is 12.4. The van der Waals surface area contributed by atoms with Crippen molar-refractivity contribution < 1.29 is 15.7 Å². The van der Waals surface area contributed by atoms with Crippen molar-refractivity contribution in [3.8, 4) is 22.8 Å². The maximum atomic E-state index is 9.04. The lowest BCUT2D eigenvalue weighted by Gasteiger charge is -2.54. The van der Waals surface area contributed by atoms with Crippen LogP contribution >= 0.6 is 0 Å². The third-order valence-corrected chi connectivity index (χ3v) is 12.1. The summed E-state index contributed by atoms with van der Waals surface area (Å²) in [5.74, 6) is 0.598. The van der Waals surface area contributed by atoms with Gasteiger partial charge in [-0.15, -0.1) is 0 Å². The van der Waals surface area contributed by atoms with E-state index in [0.717, 1.165) is 62.5 Å². The molecule has 14 rings (SSSR count). The third kappa shape index (κ3) is 3.75. The van der Waals surface area contributed by atoms with Crippen molar-refractivity contribution in [1.29, 1.82) is 0 Å². The van der Waals surface area contributed by atoms with Crippen LogP contribution in [0.1, 0.15) is 53.4 Å². The molecule has 1 spiro atoms. The molecular weight excluding hydrogens is 677 g/mol. The topological polar surface area (TPSA) is 68.2 Å². The molecule has 0 amide bonds. The Morgan fingerprint density at radius 1 is 0.582 bits per heavy atom. The zero-order valence-corrected chi connectivity index (χ0v) is 29.1. The van der Waals surface area contributed by atoms with Crippen LogP contribution in [-0.2, 0) is 5.41 Å². The molecular formula is C49H30N4O2. The van der Waals surface area contributed by atoms with Gasteiger partial charge in [0.25, 0.3) is 0 Å². The van der Waals surface area contributed by atoms with Gasteiger partial charge in [-0.1, -0.05) is 115 Å². The van der Waals surface area contributed by atoms with Crippen LogP contribution in [-0.4, -0.2) is 15.0 Å². The van der Waals surface area contributed by atoms with Gasteiger partial charge in [0.05, 0.1) is 29.2 Å². The number of nitrogens with zero attached hydrogens (tertiary/aromatic N) is 4.